The number of nitrogens with zero attached hydrogens (tertiary/aromatic N) is 1. The van der Waals surface area contributed by atoms with Crippen molar-refractivity contribution in [3.05, 3.63) is 29.6 Å². The van der Waals surface area contributed by atoms with Gasteiger partial charge in [0, 0.05) is 13.2 Å². The number of benzene rings is 1. The Morgan fingerprint density at radius 1 is 1.41 bits per heavy atom. The van der Waals surface area contributed by atoms with E-state index < -0.39 is 17.5 Å². The normalized spacial score (nSPS) is 16.3. The maximum atomic E-state index is 13.6. The van der Waals surface area contributed by atoms with Crippen LogP contribution < -0.4 is 4.90 Å². The van der Waals surface area contributed by atoms with Gasteiger partial charge in [0.1, 0.15) is 5.82 Å². The van der Waals surface area contributed by atoms with Crippen LogP contribution in [0.1, 0.15) is 17.3 Å². The SMILES string of the molecule is CC(CO)CN1C(=O)C(=O)c2cccc(F)c21. The Bertz CT molecular complexity index is 487. The van der Waals surface area contributed by atoms with Crippen LogP contribution in [-0.2, 0) is 4.79 Å². The van der Waals surface area contributed by atoms with Gasteiger partial charge in [-0.3, -0.25) is 9.59 Å². The van der Waals surface area contributed by atoms with E-state index in [9.17, 15) is 14.0 Å². The van der Waals surface area contributed by atoms with E-state index in [2.05, 4.69) is 0 Å². The molecule has 0 radical (unpaired) electrons. The fourth-order valence-electron chi connectivity index (χ4n) is 1.86. The number of hydrogen-bond donors (Lipinski definition) is 1. The molecule has 1 heterocycles. The van der Waals surface area contributed by atoms with Gasteiger partial charge in [-0.1, -0.05) is 13.0 Å². The molecule has 17 heavy (non-hydrogen) atoms. The summed E-state index contributed by atoms with van der Waals surface area (Å²) in [6.07, 6.45) is 0. The van der Waals surface area contributed by atoms with Crippen LogP contribution in [-0.4, -0.2) is 29.9 Å². The summed E-state index contributed by atoms with van der Waals surface area (Å²) >= 11 is 0. The second-order valence-corrected chi connectivity index (χ2v) is 4.17. The molecule has 0 bridgehead atoms. The van der Waals surface area contributed by atoms with E-state index in [0.717, 1.165) is 4.90 Å². The van der Waals surface area contributed by atoms with Gasteiger partial charge in [0.2, 0.25) is 0 Å². The van der Waals surface area contributed by atoms with Crippen molar-refractivity contribution >= 4 is 17.4 Å². The molecule has 0 saturated carbocycles. The van der Waals surface area contributed by atoms with E-state index in [1.165, 1.54) is 18.2 Å². The van der Waals surface area contributed by atoms with E-state index in [1.54, 1.807) is 6.92 Å². The molecule has 2 rings (SSSR count). The van der Waals surface area contributed by atoms with Crippen LogP contribution in [0.3, 0.4) is 0 Å². The predicted octanol–water partition coefficient (Wildman–Crippen LogP) is 0.983. The van der Waals surface area contributed by atoms with Gasteiger partial charge in [-0.15, -0.1) is 0 Å². The molecule has 0 fully saturated rings. The smallest absolute Gasteiger partial charge is 0.299 e. The van der Waals surface area contributed by atoms with Crippen molar-refractivity contribution in [1.29, 1.82) is 0 Å². The Morgan fingerprint density at radius 2 is 2.12 bits per heavy atom. The molecule has 1 amide bonds. The highest BCUT2D eigenvalue weighted by molar-refractivity contribution is 6.52. The Hall–Kier alpha value is -1.75. The van der Waals surface area contributed by atoms with E-state index in [4.69, 9.17) is 5.11 Å². The molecule has 1 aromatic carbocycles. The molecule has 0 aromatic heterocycles. The molecule has 5 heteroatoms. The van der Waals surface area contributed by atoms with Crippen molar-refractivity contribution in [3.8, 4) is 0 Å². The van der Waals surface area contributed by atoms with Crippen LogP contribution in [0.5, 0.6) is 0 Å². The zero-order valence-corrected chi connectivity index (χ0v) is 9.31. The summed E-state index contributed by atoms with van der Waals surface area (Å²) in [6, 6.07) is 4.04. The van der Waals surface area contributed by atoms with E-state index in [-0.39, 0.29) is 30.3 Å². The number of halogens is 1. The quantitative estimate of drug-likeness (QED) is 0.797. The Balaban J connectivity index is 2.43. The molecular weight excluding hydrogens is 225 g/mol. The number of para-hydroxylation sites is 1. The maximum Gasteiger partial charge on any atom is 0.299 e. The monoisotopic (exact) mass is 237 g/mol. The summed E-state index contributed by atoms with van der Waals surface area (Å²) in [7, 11) is 0. The first-order chi connectivity index (χ1) is 8.06. The minimum absolute atomic E-state index is 0.0304. The second-order valence-electron chi connectivity index (χ2n) is 4.17. The largest absolute Gasteiger partial charge is 0.396 e. The number of amides is 1. The third kappa shape index (κ3) is 1.82. The maximum absolute atomic E-state index is 13.6. The predicted molar refractivity (Wildman–Crippen MR) is 59.3 cm³/mol. The van der Waals surface area contributed by atoms with Gasteiger partial charge in [0.05, 0.1) is 11.3 Å². The summed E-state index contributed by atoms with van der Waals surface area (Å²) in [6.45, 7) is 1.73. The third-order valence-electron chi connectivity index (χ3n) is 2.75. The number of rotatable bonds is 3. The first-order valence-corrected chi connectivity index (χ1v) is 5.31. The zero-order chi connectivity index (χ0) is 12.6. The number of aliphatic hydroxyl groups is 1. The molecule has 4 nitrogen and oxygen atoms in total. The number of fused-ring (bicyclic) bond motifs is 1. The van der Waals surface area contributed by atoms with E-state index in [1.807, 2.05) is 0 Å². The highest BCUT2D eigenvalue weighted by atomic mass is 19.1. The molecule has 1 N–H and O–H groups in total. The topological polar surface area (TPSA) is 57.6 Å². The molecule has 0 spiro atoms. The number of aliphatic hydroxyl groups excluding tert-OH is 1. The first-order valence-electron chi connectivity index (χ1n) is 5.31. The van der Waals surface area contributed by atoms with Gasteiger partial charge in [-0.2, -0.15) is 0 Å². The summed E-state index contributed by atoms with van der Waals surface area (Å²) in [4.78, 5) is 24.4. The fourth-order valence-corrected chi connectivity index (χ4v) is 1.86. The number of anilines is 1. The van der Waals surface area contributed by atoms with Crippen LogP contribution in [0.2, 0.25) is 0 Å². The van der Waals surface area contributed by atoms with Crippen LogP contribution >= 0.6 is 0 Å². The highest BCUT2D eigenvalue weighted by Gasteiger charge is 2.38. The average molecular weight is 237 g/mol. The van der Waals surface area contributed by atoms with Crippen molar-refractivity contribution in [2.75, 3.05) is 18.1 Å². The van der Waals surface area contributed by atoms with E-state index >= 15 is 0 Å². The minimum Gasteiger partial charge on any atom is -0.396 e. The minimum atomic E-state index is -0.731. The summed E-state index contributed by atoms with van der Waals surface area (Å²) < 4.78 is 13.6. The lowest BCUT2D eigenvalue weighted by Gasteiger charge is -2.20. The van der Waals surface area contributed by atoms with Crippen molar-refractivity contribution in [1.82, 2.24) is 0 Å². The van der Waals surface area contributed by atoms with Crippen LogP contribution in [0.4, 0.5) is 10.1 Å². The van der Waals surface area contributed by atoms with Crippen molar-refractivity contribution in [2.24, 2.45) is 5.92 Å². The number of carbonyl (C=O) groups excluding carboxylic acids is 2. The van der Waals surface area contributed by atoms with Gasteiger partial charge >= 0.3 is 0 Å². The van der Waals surface area contributed by atoms with E-state index in [0.29, 0.717) is 0 Å². The number of carbonyl (C=O) groups is 2. The Labute approximate surface area is 97.7 Å². The van der Waals surface area contributed by atoms with Crippen LogP contribution in [0.25, 0.3) is 0 Å². The lowest BCUT2D eigenvalue weighted by Crippen LogP contribution is -2.35. The standard InChI is InChI=1S/C12H12FNO3/c1-7(6-15)5-14-10-8(11(16)12(14)17)3-2-4-9(10)13/h2-4,7,15H,5-6H2,1H3. The van der Waals surface area contributed by atoms with Crippen LogP contribution in [0.15, 0.2) is 18.2 Å². The second kappa shape index (κ2) is 4.25. The zero-order valence-electron chi connectivity index (χ0n) is 9.31. The average Bonchev–Trinajstić information content (AvgIpc) is 2.56. The Kier molecular flexibility index (Phi) is 2.93. The molecular formula is C12H12FNO3. The molecule has 1 aliphatic rings. The lowest BCUT2D eigenvalue weighted by atomic mass is 10.1. The van der Waals surface area contributed by atoms with Crippen molar-refractivity contribution in [2.45, 2.75) is 6.92 Å². The Morgan fingerprint density at radius 3 is 2.76 bits per heavy atom. The fraction of sp³-hybridized carbons (Fsp3) is 0.333. The van der Waals surface area contributed by atoms with Gasteiger partial charge < -0.3 is 10.0 Å². The van der Waals surface area contributed by atoms with Gasteiger partial charge in [0.15, 0.2) is 0 Å². The highest BCUT2D eigenvalue weighted by Crippen LogP contribution is 2.31. The summed E-state index contributed by atoms with van der Waals surface area (Å²) in [5.41, 5.74) is 0.128. The van der Waals surface area contributed by atoms with Gasteiger partial charge in [-0.25, -0.2) is 4.39 Å². The lowest BCUT2D eigenvalue weighted by molar-refractivity contribution is -0.114. The molecule has 1 aromatic rings. The molecule has 1 aliphatic heterocycles. The first kappa shape index (κ1) is 11.7. The van der Waals surface area contributed by atoms with Gasteiger partial charge in [-0.05, 0) is 18.1 Å². The summed E-state index contributed by atoms with van der Waals surface area (Å²) in [5.74, 6) is -2.22. The molecule has 0 aliphatic carbocycles. The number of hydrogen-bond acceptors (Lipinski definition) is 3. The third-order valence-corrected chi connectivity index (χ3v) is 2.75. The molecule has 1 atom stereocenters. The van der Waals surface area contributed by atoms with Crippen molar-refractivity contribution < 1.29 is 19.1 Å². The van der Waals surface area contributed by atoms with Crippen molar-refractivity contribution in [3.63, 3.8) is 0 Å². The van der Waals surface area contributed by atoms with Crippen LogP contribution in [0, 0.1) is 11.7 Å². The molecule has 0 saturated heterocycles. The number of Topliss-reactive ketones (excluding diaryl/α,β-unsaturated/α-hetero) is 1. The molecule has 1 unspecified atom stereocenters. The van der Waals surface area contributed by atoms with Gasteiger partial charge in [0.25, 0.3) is 11.7 Å². The summed E-state index contributed by atoms with van der Waals surface area (Å²) in [5, 5.41) is 8.95. The number of ketones is 1. The molecule has 90 valence electrons.